The summed E-state index contributed by atoms with van der Waals surface area (Å²) in [5, 5.41) is 16.6. The van der Waals surface area contributed by atoms with Crippen LogP contribution in [-0.2, 0) is 11.3 Å². The molecule has 0 fully saturated rings. The van der Waals surface area contributed by atoms with E-state index < -0.39 is 23.5 Å². The number of hydrogen-bond donors (Lipinski definition) is 2. The van der Waals surface area contributed by atoms with E-state index in [1.807, 2.05) is 31.2 Å². The maximum absolute atomic E-state index is 12.7. The van der Waals surface area contributed by atoms with Gasteiger partial charge < -0.3 is 10.4 Å². The van der Waals surface area contributed by atoms with Gasteiger partial charge in [0.15, 0.2) is 5.69 Å². The number of fused-ring (bicyclic) bond motifs is 1. The number of amides is 1. The van der Waals surface area contributed by atoms with E-state index in [1.165, 1.54) is 19.1 Å². The van der Waals surface area contributed by atoms with Gasteiger partial charge in [-0.15, -0.1) is 0 Å². The molecule has 3 aromatic rings. The molecule has 0 saturated carbocycles. The first-order chi connectivity index (χ1) is 12.9. The monoisotopic (exact) mass is 365 g/mol. The molecule has 1 atom stereocenters. The summed E-state index contributed by atoms with van der Waals surface area (Å²) in [4.78, 5) is 36.7. The lowest BCUT2D eigenvalue weighted by molar-refractivity contribution is -0.124. The van der Waals surface area contributed by atoms with Gasteiger partial charge in [-0.3, -0.25) is 9.59 Å². The molecule has 1 aromatic heterocycles. The molecule has 0 radical (unpaired) electrons. The number of benzene rings is 2. The lowest BCUT2D eigenvalue weighted by Crippen LogP contribution is -2.37. The molecule has 0 saturated heterocycles. The number of aromatic carboxylic acids is 1. The fourth-order valence-corrected chi connectivity index (χ4v) is 2.78. The van der Waals surface area contributed by atoms with E-state index in [2.05, 4.69) is 10.4 Å². The molecule has 0 spiro atoms. The summed E-state index contributed by atoms with van der Waals surface area (Å²) in [6.07, 6.45) is 0. The van der Waals surface area contributed by atoms with Crippen LogP contribution in [0, 0.1) is 6.92 Å². The van der Waals surface area contributed by atoms with Crippen molar-refractivity contribution in [2.45, 2.75) is 26.4 Å². The fraction of sp³-hybridized carbons (Fsp3) is 0.200. The number of nitrogens with zero attached hydrogens (tertiary/aromatic N) is 2. The van der Waals surface area contributed by atoms with Gasteiger partial charge in [0.25, 0.3) is 5.56 Å². The van der Waals surface area contributed by atoms with Crippen LogP contribution in [0.15, 0.2) is 53.3 Å². The van der Waals surface area contributed by atoms with E-state index in [-0.39, 0.29) is 16.5 Å². The molecule has 1 unspecified atom stereocenters. The minimum Gasteiger partial charge on any atom is -0.476 e. The third-order valence-corrected chi connectivity index (χ3v) is 4.36. The molecule has 0 bridgehead atoms. The lowest BCUT2D eigenvalue weighted by Gasteiger charge is -2.16. The van der Waals surface area contributed by atoms with Crippen molar-refractivity contribution in [3.63, 3.8) is 0 Å². The van der Waals surface area contributed by atoms with Gasteiger partial charge in [0.1, 0.15) is 6.04 Å². The van der Waals surface area contributed by atoms with Crippen LogP contribution in [0.25, 0.3) is 10.8 Å². The number of rotatable bonds is 5. The summed E-state index contributed by atoms with van der Waals surface area (Å²) in [5.41, 5.74) is 1.27. The highest BCUT2D eigenvalue weighted by Crippen LogP contribution is 2.15. The number of carboxylic acids is 1. The average molecular weight is 365 g/mol. The highest BCUT2D eigenvalue weighted by molar-refractivity contribution is 6.01. The van der Waals surface area contributed by atoms with Gasteiger partial charge in [0, 0.05) is 11.9 Å². The van der Waals surface area contributed by atoms with Crippen LogP contribution in [-0.4, -0.2) is 26.8 Å². The maximum atomic E-state index is 12.7. The molecular formula is C20H19N3O4. The second kappa shape index (κ2) is 7.41. The Labute approximate surface area is 155 Å². The first-order valence-corrected chi connectivity index (χ1v) is 8.46. The minimum absolute atomic E-state index is 0.211. The summed E-state index contributed by atoms with van der Waals surface area (Å²) in [7, 11) is 0. The van der Waals surface area contributed by atoms with Gasteiger partial charge in [-0.25, -0.2) is 9.48 Å². The van der Waals surface area contributed by atoms with E-state index in [4.69, 9.17) is 0 Å². The van der Waals surface area contributed by atoms with Gasteiger partial charge in [-0.05, 0) is 25.5 Å². The largest absolute Gasteiger partial charge is 0.476 e. The minimum atomic E-state index is -1.26. The Balaban J connectivity index is 1.90. The van der Waals surface area contributed by atoms with Crippen LogP contribution in [0.1, 0.15) is 34.6 Å². The molecule has 0 aliphatic heterocycles. The van der Waals surface area contributed by atoms with E-state index in [1.54, 1.807) is 12.1 Å². The Hall–Kier alpha value is -3.48. The molecule has 1 heterocycles. The number of carboxylic acid groups (broad SMARTS) is 1. The van der Waals surface area contributed by atoms with Crippen molar-refractivity contribution in [2.75, 3.05) is 0 Å². The summed E-state index contributed by atoms with van der Waals surface area (Å²) in [6, 6.07) is 13.1. The number of nitrogens with one attached hydrogen (secondary N) is 1. The number of carbonyl (C=O) groups excluding carboxylic acids is 1. The Morgan fingerprint density at radius 1 is 1.11 bits per heavy atom. The molecule has 3 rings (SSSR count). The fourth-order valence-electron chi connectivity index (χ4n) is 2.78. The first-order valence-electron chi connectivity index (χ1n) is 8.46. The second-order valence-corrected chi connectivity index (χ2v) is 6.33. The van der Waals surface area contributed by atoms with E-state index in [0.29, 0.717) is 6.54 Å². The summed E-state index contributed by atoms with van der Waals surface area (Å²) >= 11 is 0. The Bertz CT molecular complexity index is 1070. The van der Waals surface area contributed by atoms with Crippen LogP contribution in [0.5, 0.6) is 0 Å². The highest BCUT2D eigenvalue weighted by atomic mass is 16.4. The molecule has 2 aromatic carbocycles. The van der Waals surface area contributed by atoms with Gasteiger partial charge >= 0.3 is 5.97 Å². The van der Waals surface area contributed by atoms with Crippen LogP contribution in [0.3, 0.4) is 0 Å². The number of carbonyl (C=O) groups is 2. The van der Waals surface area contributed by atoms with Gasteiger partial charge in [0.05, 0.1) is 5.39 Å². The summed E-state index contributed by atoms with van der Waals surface area (Å²) < 4.78 is 0.927. The van der Waals surface area contributed by atoms with Crippen LogP contribution in [0.4, 0.5) is 0 Å². The Morgan fingerprint density at radius 2 is 1.74 bits per heavy atom. The normalized spacial score (nSPS) is 11.9. The second-order valence-electron chi connectivity index (χ2n) is 6.33. The number of aryl methyl sites for hydroxylation is 1. The van der Waals surface area contributed by atoms with Crippen molar-refractivity contribution in [3.05, 3.63) is 75.7 Å². The molecule has 7 heteroatoms. The zero-order valence-corrected chi connectivity index (χ0v) is 15.0. The third kappa shape index (κ3) is 3.72. The first kappa shape index (κ1) is 18.3. The van der Waals surface area contributed by atoms with Gasteiger partial charge in [0.2, 0.25) is 5.91 Å². The van der Waals surface area contributed by atoms with Crippen LogP contribution in [0.2, 0.25) is 0 Å². The molecular weight excluding hydrogens is 346 g/mol. The molecule has 27 heavy (non-hydrogen) atoms. The predicted octanol–water partition coefficient (Wildman–Crippen LogP) is 2.28. The Kier molecular flexibility index (Phi) is 5.03. The smallest absolute Gasteiger partial charge is 0.357 e. The molecule has 0 aliphatic rings. The molecule has 0 aliphatic carbocycles. The quantitative estimate of drug-likeness (QED) is 0.722. The van der Waals surface area contributed by atoms with Crippen molar-refractivity contribution in [2.24, 2.45) is 0 Å². The zero-order valence-electron chi connectivity index (χ0n) is 15.0. The topological polar surface area (TPSA) is 101 Å². The van der Waals surface area contributed by atoms with E-state index in [0.717, 1.165) is 15.8 Å². The molecule has 138 valence electrons. The van der Waals surface area contributed by atoms with Crippen LogP contribution >= 0.6 is 0 Å². The number of aromatic nitrogens is 2. The van der Waals surface area contributed by atoms with Gasteiger partial charge in [-0.2, -0.15) is 5.10 Å². The highest BCUT2D eigenvalue weighted by Gasteiger charge is 2.22. The van der Waals surface area contributed by atoms with Crippen molar-refractivity contribution >= 4 is 22.6 Å². The Morgan fingerprint density at radius 3 is 2.37 bits per heavy atom. The average Bonchev–Trinajstić information content (AvgIpc) is 2.67. The number of hydrogen-bond acceptors (Lipinski definition) is 4. The maximum Gasteiger partial charge on any atom is 0.357 e. The zero-order chi connectivity index (χ0) is 19.6. The van der Waals surface area contributed by atoms with Crippen molar-refractivity contribution < 1.29 is 14.7 Å². The summed E-state index contributed by atoms with van der Waals surface area (Å²) in [5.74, 6) is -1.68. The standard InChI is InChI=1S/C20H19N3O4/c1-12-7-9-14(10-8-12)11-21-18(24)13(2)23-19(25)16-6-4-3-5-15(16)17(22-23)20(26)27/h3-10,13H,11H2,1-2H3,(H,21,24)(H,26,27). The van der Waals surface area contributed by atoms with E-state index >= 15 is 0 Å². The molecule has 1 amide bonds. The summed E-state index contributed by atoms with van der Waals surface area (Å²) in [6.45, 7) is 3.79. The SMILES string of the molecule is Cc1ccc(CNC(=O)C(C)n2nc(C(=O)O)c3ccccc3c2=O)cc1. The van der Waals surface area contributed by atoms with E-state index in [9.17, 15) is 19.5 Å². The molecule has 7 nitrogen and oxygen atoms in total. The lowest BCUT2D eigenvalue weighted by atomic mass is 10.1. The molecule has 2 N–H and O–H groups in total. The van der Waals surface area contributed by atoms with Crippen LogP contribution < -0.4 is 10.9 Å². The predicted molar refractivity (Wildman–Crippen MR) is 101 cm³/mol. The van der Waals surface area contributed by atoms with Crippen molar-refractivity contribution in [3.8, 4) is 0 Å². The van der Waals surface area contributed by atoms with Gasteiger partial charge in [-0.1, -0.05) is 48.0 Å². The van der Waals surface area contributed by atoms with Crippen molar-refractivity contribution in [1.29, 1.82) is 0 Å². The third-order valence-electron chi connectivity index (χ3n) is 4.36. The van der Waals surface area contributed by atoms with Crippen molar-refractivity contribution in [1.82, 2.24) is 15.1 Å².